The zero-order valence-electron chi connectivity index (χ0n) is 11.8. The minimum Gasteiger partial charge on any atom is -0.478 e. The molecule has 122 valence electrons. The van der Waals surface area contributed by atoms with Crippen molar-refractivity contribution in [1.29, 1.82) is 0 Å². The molecule has 0 bridgehead atoms. The smallest absolute Gasteiger partial charge is 0.335 e. The highest BCUT2D eigenvalue weighted by molar-refractivity contribution is 5.91. The van der Waals surface area contributed by atoms with Gasteiger partial charge >= 0.3 is 17.9 Å². The van der Waals surface area contributed by atoms with Gasteiger partial charge in [0.2, 0.25) is 0 Å². The number of aliphatic hydroxyl groups excluding tert-OH is 2. The van der Waals surface area contributed by atoms with E-state index in [0.717, 1.165) is 6.08 Å². The molecule has 8 heteroatoms. The van der Waals surface area contributed by atoms with Gasteiger partial charge in [0.15, 0.2) is 0 Å². The van der Waals surface area contributed by atoms with Gasteiger partial charge in [0.05, 0.1) is 23.8 Å². The lowest BCUT2D eigenvalue weighted by atomic mass is 10.1. The lowest BCUT2D eigenvalue weighted by Gasteiger charge is -1.94. The van der Waals surface area contributed by atoms with Crippen LogP contribution in [0.15, 0.2) is 36.9 Å². The van der Waals surface area contributed by atoms with E-state index in [1.807, 2.05) is 0 Å². The number of carboxylic acids is 3. The van der Waals surface area contributed by atoms with Gasteiger partial charge in [0.1, 0.15) is 0 Å². The molecule has 0 spiro atoms. The predicted octanol–water partition coefficient (Wildman–Crippen LogP) is 0.700. The lowest BCUT2D eigenvalue weighted by molar-refractivity contribution is -0.131. The first kappa shape index (κ1) is 21.6. The second kappa shape index (κ2) is 12.1. The van der Waals surface area contributed by atoms with Crippen LogP contribution in [0, 0.1) is 0 Å². The molecule has 0 radical (unpaired) electrons. The van der Waals surface area contributed by atoms with Gasteiger partial charge in [0.25, 0.3) is 0 Å². The van der Waals surface area contributed by atoms with Crippen molar-refractivity contribution in [2.75, 3.05) is 6.61 Å². The highest BCUT2D eigenvalue weighted by atomic mass is 16.4. The van der Waals surface area contributed by atoms with Crippen LogP contribution in [0.2, 0.25) is 0 Å². The maximum absolute atomic E-state index is 10.3. The Bertz CT molecular complexity index is 457. The van der Waals surface area contributed by atoms with E-state index in [4.69, 9.17) is 25.5 Å². The molecule has 8 nitrogen and oxygen atoms in total. The fourth-order valence-electron chi connectivity index (χ4n) is 0.755. The number of carboxylic acid groups (broad SMARTS) is 3. The topological polar surface area (TPSA) is 152 Å². The second-order valence-electron chi connectivity index (χ2n) is 3.76. The molecule has 0 aliphatic heterocycles. The molecule has 0 heterocycles. The molecule has 1 unspecified atom stereocenters. The average molecular weight is 314 g/mol. The minimum absolute atomic E-state index is 0.0833. The Kier molecular flexibility index (Phi) is 11.8. The summed E-state index contributed by atoms with van der Waals surface area (Å²) in [7, 11) is 0. The number of aromatic carboxylic acids is 2. The first-order valence-electron chi connectivity index (χ1n) is 5.86. The van der Waals surface area contributed by atoms with Crippen LogP contribution in [0.3, 0.4) is 0 Å². The van der Waals surface area contributed by atoms with E-state index >= 15 is 0 Å². The summed E-state index contributed by atoms with van der Waals surface area (Å²) in [5.41, 5.74) is 0.167. The maximum Gasteiger partial charge on any atom is 0.335 e. The van der Waals surface area contributed by atoms with Crippen molar-refractivity contribution in [3.63, 3.8) is 0 Å². The number of hydrogen-bond donors (Lipinski definition) is 5. The number of hydrogen-bond acceptors (Lipinski definition) is 5. The third kappa shape index (κ3) is 12.3. The zero-order chi connectivity index (χ0) is 17.7. The molecule has 0 amide bonds. The largest absolute Gasteiger partial charge is 0.478 e. The van der Waals surface area contributed by atoms with Crippen molar-refractivity contribution in [3.05, 3.63) is 48.0 Å². The van der Waals surface area contributed by atoms with Gasteiger partial charge in [-0.3, -0.25) is 0 Å². The van der Waals surface area contributed by atoms with Crippen molar-refractivity contribution in [1.82, 2.24) is 0 Å². The van der Waals surface area contributed by atoms with Crippen LogP contribution in [0.5, 0.6) is 0 Å². The van der Waals surface area contributed by atoms with E-state index in [0.29, 0.717) is 0 Å². The quantitative estimate of drug-likeness (QED) is 0.509. The van der Waals surface area contributed by atoms with Gasteiger partial charge < -0.3 is 25.5 Å². The molecular weight excluding hydrogens is 296 g/mol. The second-order valence-corrected chi connectivity index (χ2v) is 3.76. The van der Waals surface area contributed by atoms with Crippen LogP contribution in [-0.4, -0.2) is 56.2 Å². The monoisotopic (exact) mass is 314 g/mol. The van der Waals surface area contributed by atoms with Crippen LogP contribution in [0.1, 0.15) is 27.6 Å². The molecule has 0 fully saturated rings. The molecular formula is C14H18O8. The molecule has 1 rings (SSSR count). The Morgan fingerprint density at radius 3 is 1.36 bits per heavy atom. The van der Waals surface area contributed by atoms with E-state index in [1.165, 1.54) is 31.2 Å². The Labute approximate surface area is 126 Å². The normalized spacial score (nSPS) is 9.95. The summed E-state index contributed by atoms with van der Waals surface area (Å²) in [4.78, 5) is 29.9. The van der Waals surface area contributed by atoms with Crippen LogP contribution in [-0.2, 0) is 4.79 Å². The van der Waals surface area contributed by atoms with Gasteiger partial charge in [-0.2, -0.15) is 0 Å². The van der Waals surface area contributed by atoms with E-state index in [1.54, 1.807) is 0 Å². The van der Waals surface area contributed by atoms with Gasteiger partial charge in [0, 0.05) is 6.08 Å². The highest BCUT2D eigenvalue weighted by Gasteiger charge is 2.04. The Balaban J connectivity index is 0. The average Bonchev–Trinajstić information content (AvgIpc) is 2.48. The Morgan fingerprint density at radius 2 is 1.27 bits per heavy atom. The van der Waals surface area contributed by atoms with E-state index < -0.39 is 24.0 Å². The molecule has 5 N–H and O–H groups in total. The number of benzene rings is 1. The third-order valence-electron chi connectivity index (χ3n) is 1.82. The van der Waals surface area contributed by atoms with Crippen molar-refractivity contribution in [3.8, 4) is 0 Å². The van der Waals surface area contributed by atoms with Crippen LogP contribution in [0.25, 0.3) is 0 Å². The van der Waals surface area contributed by atoms with Gasteiger partial charge in [-0.05, 0) is 31.2 Å². The minimum atomic E-state index is -1.06. The van der Waals surface area contributed by atoms with Gasteiger partial charge in [-0.15, -0.1) is 0 Å². The zero-order valence-corrected chi connectivity index (χ0v) is 11.8. The molecule has 22 heavy (non-hydrogen) atoms. The predicted molar refractivity (Wildman–Crippen MR) is 77.0 cm³/mol. The molecule has 1 atom stereocenters. The van der Waals surface area contributed by atoms with Crippen molar-refractivity contribution in [2.45, 2.75) is 13.0 Å². The maximum atomic E-state index is 10.3. The number of aliphatic hydroxyl groups is 2. The van der Waals surface area contributed by atoms with Crippen molar-refractivity contribution >= 4 is 17.9 Å². The summed E-state index contributed by atoms with van der Waals surface area (Å²) in [6.45, 7) is 4.35. The van der Waals surface area contributed by atoms with Crippen LogP contribution < -0.4 is 0 Å². The number of carbonyl (C=O) groups is 3. The van der Waals surface area contributed by atoms with Gasteiger partial charge in [-0.1, -0.05) is 6.58 Å². The summed E-state index contributed by atoms with van der Waals surface area (Å²) >= 11 is 0. The first-order chi connectivity index (χ1) is 10.1. The van der Waals surface area contributed by atoms with Crippen LogP contribution >= 0.6 is 0 Å². The molecule has 0 aliphatic rings. The molecule has 0 aliphatic carbocycles. The molecule has 1 aromatic carbocycles. The van der Waals surface area contributed by atoms with Gasteiger partial charge in [-0.25, -0.2) is 14.4 Å². The summed E-state index contributed by atoms with van der Waals surface area (Å²) in [6.07, 6.45) is 0.273. The highest BCUT2D eigenvalue weighted by Crippen LogP contribution is 2.03. The molecule has 1 aromatic rings. The van der Waals surface area contributed by atoms with E-state index in [-0.39, 0.29) is 17.7 Å². The van der Waals surface area contributed by atoms with E-state index in [9.17, 15) is 14.4 Å². The summed E-state index contributed by atoms with van der Waals surface area (Å²) in [6, 6.07) is 5.02. The molecule has 0 aromatic heterocycles. The summed E-state index contributed by atoms with van der Waals surface area (Å²) in [5, 5.41) is 40.5. The summed E-state index contributed by atoms with van der Waals surface area (Å²) in [5.74, 6) is -3.11. The standard InChI is InChI=1S/C8H6O4.C3H8O2.C3H4O2/c9-7(10)5-1-2-6(4-3-5)8(11)12;1-3(5)2-4;1-2-3(4)5/h1-4H,(H,9,10)(H,11,12);3-5H,2H2,1H3;2H,1H2,(H,4,5). The Hall–Kier alpha value is -2.71. The van der Waals surface area contributed by atoms with Crippen molar-refractivity contribution < 1.29 is 39.9 Å². The first-order valence-corrected chi connectivity index (χ1v) is 5.86. The van der Waals surface area contributed by atoms with Crippen molar-refractivity contribution in [2.24, 2.45) is 0 Å². The molecule has 0 saturated carbocycles. The SMILES string of the molecule is C=CC(=O)O.CC(O)CO.O=C(O)c1ccc(C(=O)O)cc1. The third-order valence-corrected chi connectivity index (χ3v) is 1.82. The lowest BCUT2D eigenvalue weighted by Crippen LogP contribution is -2.03. The molecule has 0 saturated heterocycles. The van der Waals surface area contributed by atoms with Crippen LogP contribution in [0.4, 0.5) is 0 Å². The number of rotatable bonds is 4. The fourth-order valence-corrected chi connectivity index (χ4v) is 0.755. The Morgan fingerprint density at radius 1 is 1.05 bits per heavy atom. The summed E-state index contributed by atoms with van der Waals surface area (Å²) < 4.78 is 0. The fraction of sp³-hybridized carbons (Fsp3) is 0.214. The van der Waals surface area contributed by atoms with E-state index in [2.05, 4.69) is 6.58 Å². The number of aliphatic carboxylic acids is 1.